The summed E-state index contributed by atoms with van der Waals surface area (Å²) < 4.78 is 0. The van der Waals surface area contributed by atoms with Crippen molar-refractivity contribution in [3.63, 3.8) is 0 Å². The fourth-order valence-electron chi connectivity index (χ4n) is 4.68. The predicted molar refractivity (Wildman–Crippen MR) is 119 cm³/mol. The summed E-state index contributed by atoms with van der Waals surface area (Å²) in [5, 5.41) is 0.698. The third-order valence-electron chi connectivity index (χ3n) is 6.42. The van der Waals surface area contributed by atoms with E-state index in [2.05, 4.69) is 0 Å². The molecule has 1 saturated heterocycles. The van der Waals surface area contributed by atoms with Gasteiger partial charge in [0.15, 0.2) is 0 Å². The van der Waals surface area contributed by atoms with Crippen molar-refractivity contribution < 1.29 is 9.59 Å². The molecule has 2 aromatic rings. The predicted octanol–water partition coefficient (Wildman–Crippen LogP) is 4.94. The van der Waals surface area contributed by atoms with Gasteiger partial charge in [-0.05, 0) is 49.4 Å². The number of hydrogen-bond acceptors (Lipinski definition) is 2. The first-order valence-corrected chi connectivity index (χ1v) is 11.3. The monoisotopic (exact) mass is 424 g/mol. The van der Waals surface area contributed by atoms with Gasteiger partial charge < -0.3 is 9.80 Å². The van der Waals surface area contributed by atoms with Gasteiger partial charge >= 0.3 is 0 Å². The van der Waals surface area contributed by atoms with Crippen molar-refractivity contribution in [2.75, 3.05) is 13.1 Å². The van der Waals surface area contributed by atoms with Gasteiger partial charge in [0.2, 0.25) is 5.91 Å². The van der Waals surface area contributed by atoms with E-state index in [-0.39, 0.29) is 24.4 Å². The molecule has 1 aliphatic carbocycles. The Kier molecular flexibility index (Phi) is 6.43. The number of halogens is 1. The van der Waals surface area contributed by atoms with Crippen molar-refractivity contribution in [2.24, 2.45) is 0 Å². The number of rotatable bonds is 5. The van der Waals surface area contributed by atoms with Crippen molar-refractivity contribution in [2.45, 2.75) is 57.5 Å². The average molecular weight is 425 g/mol. The lowest BCUT2D eigenvalue weighted by Gasteiger charge is -2.44. The van der Waals surface area contributed by atoms with Crippen LogP contribution < -0.4 is 0 Å². The maximum atomic E-state index is 13.6. The van der Waals surface area contributed by atoms with Crippen LogP contribution in [0.1, 0.15) is 54.8 Å². The van der Waals surface area contributed by atoms with E-state index in [0.717, 1.165) is 42.4 Å². The minimum atomic E-state index is -0.541. The average Bonchev–Trinajstić information content (AvgIpc) is 2.76. The van der Waals surface area contributed by atoms with Gasteiger partial charge in [0, 0.05) is 17.6 Å². The number of benzene rings is 2. The molecule has 30 heavy (non-hydrogen) atoms. The molecule has 0 spiro atoms. The molecule has 4 rings (SSSR count). The largest absolute Gasteiger partial charge is 0.328 e. The van der Waals surface area contributed by atoms with E-state index in [0.29, 0.717) is 18.0 Å². The van der Waals surface area contributed by atoms with Crippen molar-refractivity contribution in [1.29, 1.82) is 0 Å². The number of carbonyl (C=O) groups is 2. The minimum Gasteiger partial charge on any atom is -0.328 e. The topological polar surface area (TPSA) is 40.6 Å². The summed E-state index contributed by atoms with van der Waals surface area (Å²) in [6, 6.07) is 15.4. The molecule has 1 heterocycles. The number of aryl methyl sites for hydroxylation is 1. The second-order valence-corrected chi connectivity index (χ2v) is 8.97. The Balaban J connectivity index is 1.59. The van der Waals surface area contributed by atoms with Crippen LogP contribution in [0.5, 0.6) is 0 Å². The first-order valence-electron chi connectivity index (χ1n) is 10.9. The molecule has 0 N–H and O–H groups in total. The summed E-state index contributed by atoms with van der Waals surface area (Å²) in [5.41, 5.74) is 3.15. The number of amides is 2. The first kappa shape index (κ1) is 20.9. The molecule has 0 aromatic heterocycles. The highest BCUT2D eigenvalue weighted by molar-refractivity contribution is 6.30. The van der Waals surface area contributed by atoms with Crippen LogP contribution in [0.4, 0.5) is 0 Å². The van der Waals surface area contributed by atoms with Crippen molar-refractivity contribution in [1.82, 2.24) is 9.80 Å². The normalized spacial score (nSPS) is 20.7. The van der Waals surface area contributed by atoms with Crippen molar-refractivity contribution in [3.05, 3.63) is 70.2 Å². The molecular formula is C25H29ClN2O2. The molecule has 1 aliphatic heterocycles. The molecule has 2 aromatic carbocycles. The van der Waals surface area contributed by atoms with Crippen LogP contribution in [0, 0.1) is 6.92 Å². The standard InChI is InChI=1S/C25H29ClN2O2/c1-18-7-11-20(12-8-18)24-25(30)28(22-5-3-2-4-6-22)17-23(29)27(24)16-15-19-9-13-21(26)14-10-19/h7-14,22,24H,2-6,15-17H2,1H3. The van der Waals surface area contributed by atoms with Crippen LogP contribution in [0.2, 0.25) is 5.02 Å². The molecule has 158 valence electrons. The number of piperazine rings is 1. The number of hydrogen-bond donors (Lipinski definition) is 0. The summed E-state index contributed by atoms with van der Waals surface area (Å²) in [6.07, 6.45) is 6.20. The molecule has 2 fully saturated rings. The van der Waals surface area contributed by atoms with Crippen molar-refractivity contribution in [3.8, 4) is 0 Å². The van der Waals surface area contributed by atoms with E-state index in [1.807, 2.05) is 60.4 Å². The van der Waals surface area contributed by atoms with E-state index in [1.54, 1.807) is 4.90 Å². The molecule has 0 bridgehead atoms. The smallest absolute Gasteiger partial charge is 0.250 e. The second kappa shape index (κ2) is 9.22. The number of nitrogens with zero attached hydrogens (tertiary/aromatic N) is 2. The van der Waals surface area contributed by atoms with Crippen molar-refractivity contribution >= 4 is 23.4 Å². The van der Waals surface area contributed by atoms with Crippen LogP contribution in [0.15, 0.2) is 48.5 Å². The molecule has 5 heteroatoms. The zero-order chi connectivity index (χ0) is 21.1. The van der Waals surface area contributed by atoms with Gasteiger partial charge in [0.1, 0.15) is 12.6 Å². The lowest BCUT2D eigenvalue weighted by Crippen LogP contribution is -2.58. The Bertz CT molecular complexity index is 888. The summed E-state index contributed by atoms with van der Waals surface area (Å²) in [5.74, 6) is 0.112. The van der Waals surface area contributed by atoms with Crippen LogP contribution in [-0.4, -0.2) is 40.7 Å². The van der Waals surface area contributed by atoms with Gasteiger partial charge in [-0.2, -0.15) is 0 Å². The highest BCUT2D eigenvalue weighted by Gasteiger charge is 2.42. The lowest BCUT2D eigenvalue weighted by molar-refractivity contribution is -0.159. The quantitative estimate of drug-likeness (QED) is 0.682. The molecule has 4 nitrogen and oxygen atoms in total. The summed E-state index contributed by atoms with van der Waals surface area (Å²) in [4.78, 5) is 30.5. The fraction of sp³-hybridized carbons (Fsp3) is 0.440. The summed E-state index contributed by atoms with van der Waals surface area (Å²) in [6.45, 7) is 2.75. The molecule has 1 unspecified atom stereocenters. The van der Waals surface area contributed by atoms with E-state index in [4.69, 9.17) is 11.6 Å². The van der Waals surface area contributed by atoms with E-state index < -0.39 is 6.04 Å². The Morgan fingerprint density at radius 3 is 2.27 bits per heavy atom. The van der Waals surface area contributed by atoms with Crippen LogP contribution in [-0.2, 0) is 16.0 Å². The highest BCUT2D eigenvalue weighted by Crippen LogP contribution is 2.32. The van der Waals surface area contributed by atoms with Gasteiger partial charge in [-0.25, -0.2) is 0 Å². The van der Waals surface area contributed by atoms with Gasteiger partial charge in [-0.15, -0.1) is 0 Å². The zero-order valence-electron chi connectivity index (χ0n) is 17.5. The molecule has 1 saturated carbocycles. The van der Waals surface area contributed by atoms with E-state index >= 15 is 0 Å². The highest BCUT2D eigenvalue weighted by atomic mass is 35.5. The Morgan fingerprint density at radius 2 is 1.60 bits per heavy atom. The van der Waals surface area contributed by atoms with Crippen LogP contribution >= 0.6 is 11.6 Å². The van der Waals surface area contributed by atoms with Gasteiger partial charge in [0.05, 0.1) is 0 Å². The molecule has 2 aliphatic rings. The Labute approximate surface area is 183 Å². The molecular weight excluding hydrogens is 396 g/mol. The van der Waals surface area contributed by atoms with E-state index in [1.165, 1.54) is 6.42 Å². The zero-order valence-corrected chi connectivity index (χ0v) is 18.3. The maximum Gasteiger partial charge on any atom is 0.250 e. The third-order valence-corrected chi connectivity index (χ3v) is 6.67. The van der Waals surface area contributed by atoms with Crippen LogP contribution in [0.3, 0.4) is 0 Å². The van der Waals surface area contributed by atoms with Crippen LogP contribution in [0.25, 0.3) is 0 Å². The minimum absolute atomic E-state index is 0.0414. The number of carbonyl (C=O) groups excluding carboxylic acids is 2. The SMILES string of the molecule is Cc1ccc(C2C(=O)N(C3CCCCC3)CC(=O)N2CCc2ccc(Cl)cc2)cc1. The molecule has 1 atom stereocenters. The first-order chi connectivity index (χ1) is 14.5. The third kappa shape index (κ3) is 4.54. The van der Waals surface area contributed by atoms with Gasteiger partial charge in [-0.1, -0.05) is 72.8 Å². The Hall–Kier alpha value is -2.33. The Morgan fingerprint density at radius 1 is 0.933 bits per heavy atom. The maximum absolute atomic E-state index is 13.6. The van der Waals surface area contributed by atoms with E-state index in [9.17, 15) is 9.59 Å². The summed E-state index contributed by atoms with van der Waals surface area (Å²) in [7, 11) is 0. The fourth-order valence-corrected chi connectivity index (χ4v) is 4.80. The van der Waals surface area contributed by atoms with Gasteiger partial charge in [0.25, 0.3) is 5.91 Å². The summed E-state index contributed by atoms with van der Waals surface area (Å²) >= 11 is 5.99. The second-order valence-electron chi connectivity index (χ2n) is 8.53. The molecule has 2 amide bonds. The lowest BCUT2D eigenvalue weighted by atomic mass is 9.91. The van der Waals surface area contributed by atoms with Gasteiger partial charge in [-0.3, -0.25) is 9.59 Å². The molecule has 0 radical (unpaired) electrons.